The second-order valence-electron chi connectivity index (χ2n) is 4.58. The summed E-state index contributed by atoms with van der Waals surface area (Å²) in [6, 6.07) is 2.21. The number of hydrogen-bond acceptors (Lipinski definition) is 3. The van der Waals surface area contributed by atoms with Crippen molar-refractivity contribution < 1.29 is 4.12 Å². The van der Waals surface area contributed by atoms with E-state index in [9.17, 15) is 0 Å². The van der Waals surface area contributed by atoms with E-state index in [-0.39, 0.29) is 0 Å². The minimum Gasteiger partial charge on any atom is -0.456 e. The van der Waals surface area contributed by atoms with E-state index in [4.69, 9.17) is 15.2 Å². The molecule has 0 heterocycles. The standard InChI is InChI=1S/C10H22N6OSi2/c1-18-17-19(2,9-5-3-7-13-15-11)10-6-4-8-14-16-12/h3-10H2,1-2H3. The van der Waals surface area contributed by atoms with Crippen molar-refractivity contribution in [2.24, 2.45) is 10.2 Å². The Balaban J connectivity index is 3.95. The Hall–Kier alpha value is -0.986. The number of hydrogen-bond donors (Lipinski definition) is 0. The lowest BCUT2D eigenvalue weighted by Crippen LogP contribution is -2.35. The van der Waals surface area contributed by atoms with Crippen LogP contribution in [0.3, 0.4) is 0 Å². The molecule has 0 aliphatic rings. The number of unbranched alkanes of at least 4 members (excludes halogenated alkanes) is 2. The molecule has 19 heavy (non-hydrogen) atoms. The largest absolute Gasteiger partial charge is 0.456 e. The lowest BCUT2D eigenvalue weighted by atomic mass is 10.3. The van der Waals surface area contributed by atoms with Crippen LogP contribution >= 0.6 is 0 Å². The highest BCUT2D eigenvalue weighted by molar-refractivity contribution is 6.76. The van der Waals surface area contributed by atoms with Crippen LogP contribution in [0.4, 0.5) is 0 Å². The van der Waals surface area contributed by atoms with Crippen LogP contribution in [-0.2, 0) is 4.12 Å². The third-order valence-electron chi connectivity index (χ3n) is 2.90. The predicted octanol–water partition coefficient (Wildman–Crippen LogP) is 4.43. The minimum absolute atomic E-state index is 0.531. The fourth-order valence-electron chi connectivity index (χ4n) is 1.93. The molecule has 0 aromatic heterocycles. The maximum absolute atomic E-state index is 8.21. The van der Waals surface area contributed by atoms with Gasteiger partial charge in [0.2, 0.25) is 9.76 Å². The molecule has 2 radical (unpaired) electrons. The average molecular weight is 298 g/mol. The van der Waals surface area contributed by atoms with Crippen molar-refractivity contribution in [2.45, 2.75) is 50.9 Å². The summed E-state index contributed by atoms with van der Waals surface area (Å²) in [7, 11) is -1.10. The van der Waals surface area contributed by atoms with Crippen LogP contribution < -0.4 is 0 Å². The first-order valence-corrected chi connectivity index (χ1v) is 10.8. The lowest BCUT2D eigenvalue weighted by Gasteiger charge is -2.27. The van der Waals surface area contributed by atoms with E-state index in [1.165, 1.54) is 0 Å². The lowest BCUT2D eigenvalue weighted by molar-refractivity contribution is 0.560. The molecule has 0 aliphatic carbocycles. The number of nitrogens with zero attached hydrogens (tertiary/aromatic N) is 6. The van der Waals surface area contributed by atoms with Gasteiger partial charge in [0.1, 0.15) is 0 Å². The van der Waals surface area contributed by atoms with Crippen LogP contribution in [0.25, 0.3) is 20.9 Å². The molecule has 0 aromatic carbocycles. The van der Waals surface area contributed by atoms with Gasteiger partial charge in [-0.3, -0.25) is 0 Å². The average Bonchev–Trinajstić information content (AvgIpc) is 2.39. The first-order chi connectivity index (χ1) is 9.18. The molecule has 106 valence electrons. The summed E-state index contributed by atoms with van der Waals surface area (Å²) in [5.74, 6) is 0. The smallest absolute Gasteiger partial charge is 0.211 e. The van der Waals surface area contributed by atoms with Crippen molar-refractivity contribution in [1.29, 1.82) is 0 Å². The minimum atomic E-state index is -1.63. The van der Waals surface area contributed by atoms with Crippen molar-refractivity contribution >= 4 is 18.1 Å². The highest BCUT2D eigenvalue weighted by Gasteiger charge is 2.26. The van der Waals surface area contributed by atoms with E-state index in [1.54, 1.807) is 0 Å². The van der Waals surface area contributed by atoms with Gasteiger partial charge in [-0.05, 0) is 49.1 Å². The molecule has 0 fully saturated rings. The second-order valence-corrected chi connectivity index (χ2v) is 9.70. The second kappa shape index (κ2) is 12.1. The van der Waals surface area contributed by atoms with Gasteiger partial charge in [0, 0.05) is 22.9 Å². The van der Waals surface area contributed by atoms with Crippen LogP contribution in [0.15, 0.2) is 10.2 Å². The third-order valence-corrected chi connectivity index (χ3v) is 8.51. The van der Waals surface area contributed by atoms with E-state index in [2.05, 4.69) is 33.1 Å². The molecule has 0 bridgehead atoms. The van der Waals surface area contributed by atoms with Gasteiger partial charge in [-0.15, -0.1) is 0 Å². The Kier molecular flexibility index (Phi) is 11.4. The van der Waals surface area contributed by atoms with Gasteiger partial charge in [-0.25, -0.2) is 0 Å². The molecule has 0 saturated heterocycles. The fraction of sp³-hybridized carbons (Fsp3) is 1.00. The Morgan fingerprint density at radius 3 is 1.84 bits per heavy atom. The summed E-state index contributed by atoms with van der Waals surface area (Å²) in [6.45, 7) is 5.48. The van der Waals surface area contributed by atoms with Gasteiger partial charge < -0.3 is 4.12 Å². The van der Waals surface area contributed by atoms with E-state index >= 15 is 0 Å². The maximum atomic E-state index is 8.21. The van der Waals surface area contributed by atoms with Crippen molar-refractivity contribution in [1.82, 2.24) is 0 Å². The Morgan fingerprint density at radius 2 is 1.47 bits per heavy atom. The molecule has 0 saturated carbocycles. The summed E-state index contributed by atoms with van der Waals surface area (Å²) in [5.41, 5.74) is 16.4. The molecule has 9 heteroatoms. The van der Waals surface area contributed by atoms with E-state index in [1.807, 2.05) is 0 Å². The highest BCUT2D eigenvalue weighted by atomic mass is 28.4. The zero-order chi connectivity index (χ0) is 14.4. The molecule has 0 rings (SSSR count). The molecular formula is C10H22N6OSi2. The quantitative estimate of drug-likeness (QED) is 0.172. The van der Waals surface area contributed by atoms with Crippen LogP contribution in [0, 0.1) is 0 Å². The first kappa shape index (κ1) is 18.0. The zero-order valence-corrected chi connectivity index (χ0v) is 13.7. The Bertz CT molecular complexity index is 302. The van der Waals surface area contributed by atoms with E-state index in [0.717, 1.165) is 37.8 Å². The van der Waals surface area contributed by atoms with Gasteiger partial charge in [0.15, 0.2) is 8.32 Å². The SMILES string of the molecule is C[Si]O[Si](C)(CCCCN=[N+]=[N-])CCCCN=[N+]=[N-]. The number of rotatable bonds is 12. The van der Waals surface area contributed by atoms with Crippen LogP contribution in [0.1, 0.15) is 25.7 Å². The van der Waals surface area contributed by atoms with Crippen molar-refractivity contribution in [3.63, 3.8) is 0 Å². The monoisotopic (exact) mass is 298 g/mol. The normalized spacial score (nSPS) is 13.2. The van der Waals surface area contributed by atoms with Crippen LogP contribution in [0.2, 0.25) is 25.2 Å². The van der Waals surface area contributed by atoms with Gasteiger partial charge in [-0.1, -0.05) is 23.1 Å². The molecule has 0 aliphatic heterocycles. The summed E-state index contributed by atoms with van der Waals surface area (Å²) in [5, 5.41) is 7.09. The predicted molar refractivity (Wildman–Crippen MR) is 80.4 cm³/mol. The fourth-order valence-corrected chi connectivity index (χ4v) is 6.96. The molecule has 0 spiro atoms. The van der Waals surface area contributed by atoms with Crippen LogP contribution in [-0.4, -0.2) is 31.2 Å². The first-order valence-electron chi connectivity index (χ1n) is 6.55. The van der Waals surface area contributed by atoms with Gasteiger partial charge >= 0.3 is 0 Å². The highest BCUT2D eigenvalue weighted by Crippen LogP contribution is 2.22. The van der Waals surface area contributed by atoms with Crippen LogP contribution in [0.5, 0.6) is 0 Å². The molecule has 0 aromatic rings. The molecular weight excluding hydrogens is 276 g/mol. The Morgan fingerprint density at radius 1 is 1.00 bits per heavy atom. The summed E-state index contributed by atoms with van der Waals surface area (Å²) in [6.07, 6.45) is 3.98. The molecule has 0 N–H and O–H groups in total. The third kappa shape index (κ3) is 10.6. The van der Waals surface area contributed by atoms with Crippen molar-refractivity contribution in [2.75, 3.05) is 13.1 Å². The maximum Gasteiger partial charge on any atom is 0.211 e. The molecule has 0 amide bonds. The van der Waals surface area contributed by atoms with Gasteiger partial charge in [-0.2, -0.15) is 0 Å². The summed E-state index contributed by atoms with van der Waals surface area (Å²) < 4.78 is 6.00. The number of azide groups is 2. The summed E-state index contributed by atoms with van der Waals surface area (Å²) in [4.78, 5) is 5.50. The van der Waals surface area contributed by atoms with Gasteiger partial charge in [0.25, 0.3) is 0 Å². The van der Waals surface area contributed by atoms with Gasteiger partial charge in [0.05, 0.1) is 0 Å². The van der Waals surface area contributed by atoms with E-state index in [0.29, 0.717) is 22.9 Å². The van der Waals surface area contributed by atoms with Crippen molar-refractivity contribution in [3.05, 3.63) is 20.9 Å². The summed E-state index contributed by atoms with van der Waals surface area (Å²) >= 11 is 0. The topological polar surface area (TPSA) is 107 Å². The van der Waals surface area contributed by atoms with Crippen molar-refractivity contribution in [3.8, 4) is 0 Å². The molecule has 0 unspecified atom stereocenters. The Labute approximate surface area is 118 Å². The van der Waals surface area contributed by atoms with E-state index < -0.39 is 8.32 Å². The molecule has 0 atom stereocenters. The molecule has 7 nitrogen and oxygen atoms in total. The zero-order valence-electron chi connectivity index (χ0n) is 11.7.